The quantitative estimate of drug-likeness (QED) is 0.256. The average molecular weight is 497 g/mol. The van der Waals surface area contributed by atoms with Crippen molar-refractivity contribution in [2.45, 2.75) is 18.2 Å². The van der Waals surface area contributed by atoms with Crippen molar-refractivity contribution in [1.82, 2.24) is 4.41 Å². The molecule has 0 saturated carbocycles. The summed E-state index contributed by atoms with van der Waals surface area (Å²) in [7, 11) is -3.95. The van der Waals surface area contributed by atoms with Gasteiger partial charge in [-0.3, -0.25) is 4.79 Å². The Morgan fingerprint density at radius 1 is 0.778 bits per heavy atom. The molecule has 0 fully saturated rings. The van der Waals surface area contributed by atoms with Crippen LogP contribution in [-0.4, -0.2) is 24.5 Å². The van der Waals surface area contributed by atoms with Crippen LogP contribution < -0.4 is 4.74 Å². The van der Waals surface area contributed by atoms with Gasteiger partial charge >= 0.3 is 5.97 Å². The maximum Gasteiger partial charge on any atom is 0.313 e. The zero-order chi connectivity index (χ0) is 25.0. The molecule has 0 saturated heterocycles. The normalized spacial score (nSPS) is 15.1. The molecule has 180 valence electrons. The first-order valence-electron chi connectivity index (χ1n) is 11.6. The Morgan fingerprint density at radius 3 is 2.06 bits per heavy atom. The summed E-state index contributed by atoms with van der Waals surface area (Å²) in [5, 5.41) is 4.66. The van der Waals surface area contributed by atoms with Gasteiger partial charge in [-0.2, -0.15) is 9.52 Å². The summed E-state index contributed by atoms with van der Waals surface area (Å²) in [6.45, 7) is 0. The third kappa shape index (κ3) is 5.06. The van der Waals surface area contributed by atoms with Gasteiger partial charge in [0, 0.05) is 11.1 Å². The molecule has 1 heterocycles. The van der Waals surface area contributed by atoms with E-state index < -0.39 is 22.0 Å². The van der Waals surface area contributed by atoms with Gasteiger partial charge in [-0.15, -0.1) is 0 Å². The van der Waals surface area contributed by atoms with Crippen molar-refractivity contribution >= 4 is 21.7 Å². The van der Waals surface area contributed by atoms with Crippen LogP contribution >= 0.6 is 0 Å². The summed E-state index contributed by atoms with van der Waals surface area (Å²) in [6, 6.07) is 33.7. The summed E-state index contributed by atoms with van der Waals surface area (Å²) in [5.74, 6) is -0.385. The number of para-hydroxylation sites is 1. The fraction of sp³-hybridized carbons (Fsp3) is 0.103. The smallest absolute Gasteiger partial charge is 0.313 e. The number of hydrazone groups is 1. The van der Waals surface area contributed by atoms with Crippen LogP contribution in [0.2, 0.25) is 0 Å². The Morgan fingerprint density at radius 2 is 1.36 bits per heavy atom. The largest absolute Gasteiger partial charge is 0.426 e. The predicted molar refractivity (Wildman–Crippen MR) is 139 cm³/mol. The molecule has 0 aromatic heterocycles. The summed E-state index contributed by atoms with van der Waals surface area (Å²) in [4.78, 5) is 13.0. The number of fused-ring (bicyclic) bond motifs is 1. The first-order chi connectivity index (χ1) is 17.5. The molecule has 1 aliphatic heterocycles. The lowest BCUT2D eigenvalue weighted by Crippen LogP contribution is -2.38. The molecule has 0 bridgehead atoms. The molecule has 5 rings (SSSR count). The molecule has 0 aliphatic carbocycles. The molecule has 4 aromatic rings. The number of nitrogens with zero attached hydrogens (tertiary/aromatic N) is 2. The topological polar surface area (TPSA) is 76.0 Å². The fourth-order valence-electron chi connectivity index (χ4n) is 4.27. The number of carbonyl (C=O) groups is 1. The third-order valence-corrected chi connectivity index (χ3v) is 7.50. The highest BCUT2D eigenvalue weighted by molar-refractivity contribution is 7.88. The average Bonchev–Trinajstić information content (AvgIpc) is 2.90. The second-order valence-electron chi connectivity index (χ2n) is 8.42. The highest BCUT2D eigenvalue weighted by Crippen LogP contribution is 2.37. The van der Waals surface area contributed by atoms with Crippen LogP contribution in [0.3, 0.4) is 0 Å². The third-order valence-electron chi connectivity index (χ3n) is 5.90. The molecule has 1 atom stereocenters. The van der Waals surface area contributed by atoms with Crippen molar-refractivity contribution in [3.8, 4) is 5.75 Å². The van der Waals surface area contributed by atoms with Crippen LogP contribution in [0.5, 0.6) is 5.75 Å². The van der Waals surface area contributed by atoms with Gasteiger partial charge in [0.15, 0.2) is 0 Å². The van der Waals surface area contributed by atoms with Gasteiger partial charge in [-0.05, 0) is 23.3 Å². The minimum atomic E-state index is -3.95. The van der Waals surface area contributed by atoms with Crippen LogP contribution in [0, 0.1) is 0 Å². The van der Waals surface area contributed by atoms with E-state index in [1.807, 2.05) is 66.7 Å². The van der Waals surface area contributed by atoms with Gasteiger partial charge in [0.25, 0.3) is 10.0 Å². The number of hydrogen-bond donors (Lipinski definition) is 0. The molecule has 0 spiro atoms. The van der Waals surface area contributed by atoms with E-state index in [1.165, 1.54) is 0 Å². The number of rotatable bonds is 7. The zero-order valence-electron chi connectivity index (χ0n) is 19.4. The highest BCUT2D eigenvalue weighted by atomic mass is 32.2. The molecular formula is C29H24N2O4S. The van der Waals surface area contributed by atoms with Gasteiger partial charge in [0.05, 0.1) is 23.9 Å². The second-order valence-corrected chi connectivity index (χ2v) is 10.2. The van der Waals surface area contributed by atoms with Crippen LogP contribution in [0.25, 0.3) is 0 Å². The van der Waals surface area contributed by atoms with Crippen molar-refractivity contribution in [2.24, 2.45) is 5.10 Å². The van der Waals surface area contributed by atoms with Crippen molar-refractivity contribution in [2.75, 3.05) is 0 Å². The molecule has 6 nitrogen and oxygen atoms in total. The summed E-state index contributed by atoms with van der Waals surface area (Å²) in [5.41, 5.74) is 3.45. The van der Waals surface area contributed by atoms with E-state index in [0.717, 1.165) is 15.5 Å². The van der Waals surface area contributed by atoms with E-state index in [4.69, 9.17) is 4.74 Å². The molecule has 36 heavy (non-hydrogen) atoms. The van der Waals surface area contributed by atoms with Crippen molar-refractivity contribution in [1.29, 1.82) is 0 Å². The Kier molecular flexibility index (Phi) is 6.64. The van der Waals surface area contributed by atoms with Crippen LogP contribution in [0.4, 0.5) is 0 Å². The van der Waals surface area contributed by atoms with E-state index in [9.17, 15) is 13.2 Å². The number of hydrogen-bond acceptors (Lipinski definition) is 5. The number of sulfonamides is 1. The van der Waals surface area contributed by atoms with Gasteiger partial charge in [0.1, 0.15) is 5.75 Å². The number of benzene rings is 4. The SMILES string of the molecule is O=C(CC1c2ccccc2C(c2ccccc2)=NN1S(=O)(=O)Cc1ccccc1)Oc1ccccc1. The van der Waals surface area contributed by atoms with Crippen molar-refractivity contribution in [3.05, 3.63) is 138 Å². The minimum Gasteiger partial charge on any atom is -0.426 e. The monoisotopic (exact) mass is 496 g/mol. The molecule has 0 N–H and O–H groups in total. The Labute approximate surface area is 210 Å². The number of ether oxygens (including phenoxy) is 1. The van der Waals surface area contributed by atoms with E-state index in [1.54, 1.807) is 48.5 Å². The van der Waals surface area contributed by atoms with Crippen LogP contribution in [0.1, 0.15) is 34.7 Å². The standard InChI is InChI=1S/C29H24N2O4S/c32-28(35-24-16-8-3-9-17-24)20-27-25-18-10-11-19-26(25)29(23-14-6-2-7-15-23)30-31(27)36(33,34)21-22-12-4-1-5-13-22/h1-19,27H,20-21H2. The van der Waals surface area contributed by atoms with Crippen molar-refractivity contribution < 1.29 is 17.9 Å². The second kappa shape index (κ2) is 10.2. The van der Waals surface area contributed by atoms with E-state index in [2.05, 4.69) is 5.10 Å². The predicted octanol–water partition coefficient (Wildman–Crippen LogP) is 5.32. The van der Waals surface area contributed by atoms with Crippen LogP contribution in [0.15, 0.2) is 120 Å². The van der Waals surface area contributed by atoms with Gasteiger partial charge < -0.3 is 4.74 Å². The van der Waals surface area contributed by atoms with E-state index >= 15 is 0 Å². The maximum atomic E-state index is 13.8. The first-order valence-corrected chi connectivity index (χ1v) is 13.2. The molecule has 4 aromatic carbocycles. The lowest BCUT2D eigenvalue weighted by Gasteiger charge is -2.34. The lowest BCUT2D eigenvalue weighted by molar-refractivity contribution is -0.135. The van der Waals surface area contributed by atoms with Crippen LogP contribution in [-0.2, 0) is 20.6 Å². The summed E-state index contributed by atoms with van der Waals surface area (Å²) < 4.78 is 34.1. The van der Waals surface area contributed by atoms with Gasteiger partial charge in [-0.1, -0.05) is 103 Å². The Balaban J connectivity index is 1.57. The number of esters is 1. The maximum absolute atomic E-state index is 13.8. The van der Waals surface area contributed by atoms with E-state index in [-0.39, 0.29) is 12.2 Å². The highest BCUT2D eigenvalue weighted by Gasteiger charge is 2.38. The first kappa shape index (κ1) is 23.5. The molecule has 0 radical (unpaired) electrons. The summed E-state index contributed by atoms with van der Waals surface area (Å²) in [6.07, 6.45) is -0.189. The van der Waals surface area contributed by atoms with Crippen molar-refractivity contribution in [3.63, 3.8) is 0 Å². The molecule has 1 unspecified atom stereocenters. The molecule has 1 aliphatic rings. The fourth-order valence-corrected chi connectivity index (χ4v) is 5.80. The molecular weight excluding hydrogens is 472 g/mol. The Hall–Kier alpha value is -4.23. The minimum absolute atomic E-state index is 0.189. The zero-order valence-corrected chi connectivity index (χ0v) is 20.2. The lowest BCUT2D eigenvalue weighted by atomic mass is 9.91. The molecule has 7 heteroatoms. The Bertz CT molecular complexity index is 1490. The summed E-state index contributed by atoms with van der Waals surface area (Å²) >= 11 is 0. The van der Waals surface area contributed by atoms with E-state index in [0.29, 0.717) is 22.6 Å². The number of carbonyl (C=O) groups excluding carboxylic acids is 1. The molecule has 0 amide bonds. The van der Waals surface area contributed by atoms with Gasteiger partial charge in [-0.25, -0.2) is 8.42 Å². The van der Waals surface area contributed by atoms with Gasteiger partial charge in [0.2, 0.25) is 0 Å².